The third-order valence-corrected chi connectivity index (χ3v) is 4.89. The smallest absolute Gasteiger partial charge is 0.337 e. The fraction of sp³-hybridized carbons (Fsp3) is 0.364. The molecule has 7 nitrogen and oxygen atoms in total. The fourth-order valence-electron chi connectivity index (χ4n) is 3.07. The Morgan fingerprint density at radius 1 is 1.07 bits per heavy atom. The van der Waals surface area contributed by atoms with E-state index in [-0.39, 0.29) is 17.9 Å². The second-order valence-corrected chi connectivity index (χ2v) is 6.93. The van der Waals surface area contributed by atoms with E-state index in [1.807, 2.05) is 43.3 Å². The molecule has 0 bridgehead atoms. The number of hydrogen-bond acceptors (Lipinski definition) is 6. The summed E-state index contributed by atoms with van der Waals surface area (Å²) in [6, 6.07) is 14.6. The minimum Gasteiger partial charge on any atom is -0.465 e. The molecule has 29 heavy (non-hydrogen) atoms. The number of anilines is 2. The Hall–Kier alpha value is -2.90. The van der Waals surface area contributed by atoms with Gasteiger partial charge < -0.3 is 25.0 Å². The average molecular weight is 397 g/mol. The second kappa shape index (κ2) is 10.0. The van der Waals surface area contributed by atoms with E-state index < -0.39 is 0 Å². The van der Waals surface area contributed by atoms with Crippen molar-refractivity contribution in [2.24, 2.45) is 0 Å². The summed E-state index contributed by atoms with van der Waals surface area (Å²) < 4.78 is 10.1. The van der Waals surface area contributed by atoms with Gasteiger partial charge in [-0.2, -0.15) is 0 Å². The molecule has 1 saturated heterocycles. The predicted molar refractivity (Wildman–Crippen MR) is 112 cm³/mol. The predicted octanol–water partition coefficient (Wildman–Crippen LogP) is 2.43. The molecule has 1 heterocycles. The summed E-state index contributed by atoms with van der Waals surface area (Å²) in [5, 5.41) is 6.13. The van der Waals surface area contributed by atoms with E-state index in [1.165, 1.54) is 7.11 Å². The molecule has 0 spiro atoms. The largest absolute Gasteiger partial charge is 0.465 e. The van der Waals surface area contributed by atoms with Gasteiger partial charge in [0.25, 0.3) is 0 Å². The summed E-state index contributed by atoms with van der Waals surface area (Å²) in [7, 11) is 1.36. The van der Waals surface area contributed by atoms with Crippen LogP contribution in [0.15, 0.2) is 48.5 Å². The van der Waals surface area contributed by atoms with Gasteiger partial charge in [0.05, 0.1) is 31.9 Å². The third kappa shape index (κ3) is 5.79. The zero-order valence-corrected chi connectivity index (χ0v) is 16.8. The number of amides is 1. The SMILES string of the molecule is COC(=O)c1ccc(CN[C@H](C)C(=O)Nc2ccc(N3CCOCC3)cc2)cc1. The van der Waals surface area contributed by atoms with Crippen LogP contribution in [-0.2, 0) is 20.8 Å². The molecule has 3 rings (SSSR count). The Kier molecular flexibility index (Phi) is 7.21. The van der Waals surface area contributed by atoms with E-state index in [0.717, 1.165) is 43.2 Å². The second-order valence-electron chi connectivity index (χ2n) is 6.93. The molecule has 1 atom stereocenters. The molecule has 0 saturated carbocycles. The van der Waals surface area contributed by atoms with Crippen molar-refractivity contribution in [1.29, 1.82) is 0 Å². The van der Waals surface area contributed by atoms with Gasteiger partial charge in [0.2, 0.25) is 5.91 Å². The summed E-state index contributed by atoms with van der Waals surface area (Å²) in [5.74, 6) is -0.466. The summed E-state index contributed by atoms with van der Waals surface area (Å²) >= 11 is 0. The van der Waals surface area contributed by atoms with E-state index in [1.54, 1.807) is 12.1 Å². The Labute approximate surface area is 171 Å². The van der Waals surface area contributed by atoms with Gasteiger partial charge in [0, 0.05) is 31.0 Å². The number of carbonyl (C=O) groups is 2. The minimum atomic E-state index is -0.366. The highest BCUT2D eigenvalue weighted by Crippen LogP contribution is 2.19. The number of carbonyl (C=O) groups excluding carboxylic acids is 2. The van der Waals surface area contributed by atoms with Crippen molar-refractivity contribution >= 4 is 23.3 Å². The van der Waals surface area contributed by atoms with Gasteiger partial charge in [0.15, 0.2) is 0 Å². The Morgan fingerprint density at radius 3 is 2.34 bits per heavy atom. The van der Waals surface area contributed by atoms with Crippen molar-refractivity contribution in [1.82, 2.24) is 5.32 Å². The van der Waals surface area contributed by atoms with Crippen molar-refractivity contribution < 1.29 is 19.1 Å². The lowest BCUT2D eigenvalue weighted by atomic mass is 10.1. The zero-order chi connectivity index (χ0) is 20.6. The Morgan fingerprint density at radius 2 is 1.72 bits per heavy atom. The maximum atomic E-state index is 12.4. The topological polar surface area (TPSA) is 79.9 Å². The molecule has 1 aliphatic rings. The van der Waals surface area contributed by atoms with Crippen molar-refractivity contribution in [3.63, 3.8) is 0 Å². The third-order valence-electron chi connectivity index (χ3n) is 4.89. The Balaban J connectivity index is 1.48. The van der Waals surface area contributed by atoms with Crippen molar-refractivity contribution in [3.05, 3.63) is 59.7 Å². The van der Waals surface area contributed by atoms with Crippen LogP contribution in [0.3, 0.4) is 0 Å². The highest BCUT2D eigenvalue weighted by atomic mass is 16.5. The van der Waals surface area contributed by atoms with Gasteiger partial charge >= 0.3 is 5.97 Å². The van der Waals surface area contributed by atoms with Gasteiger partial charge in [-0.1, -0.05) is 12.1 Å². The number of nitrogens with one attached hydrogen (secondary N) is 2. The first-order chi connectivity index (χ1) is 14.1. The van der Waals surface area contributed by atoms with Gasteiger partial charge in [-0.3, -0.25) is 4.79 Å². The quantitative estimate of drug-likeness (QED) is 0.699. The first-order valence-electron chi connectivity index (χ1n) is 9.71. The van der Waals surface area contributed by atoms with Gasteiger partial charge in [-0.25, -0.2) is 4.79 Å². The van der Waals surface area contributed by atoms with Crippen molar-refractivity contribution in [2.75, 3.05) is 43.6 Å². The Bertz CT molecular complexity index is 815. The molecule has 2 N–H and O–H groups in total. The molecule has 0 radical (unpaired) electrons. The maximum absolute atomic E-state index is 12.4. The van der Waals surface area contributed by atoms with Crippen LogP contribution in [0.25, 0.3) is 0 Å². The van der Waals surface area contributed by atoms with Crippen LogP contribution in [0.4, 0.5) is 11.4 Å². The van der Waals surface area contributed by atoms with Gasteiger partial charge in [-0.15, -0.1) is 0 Å². The molecule has 2 aromatic rings. The van der Waals surface area contributed by atoms with Crippen LogP contribution < -0.4 is 15.5 Å². The molecule has 1 aliphatic heterocycles. The fourth-order valence-corrected chi connectivity index (χ4v) is 3.07. The highest BCUT2D eigenvalue weighted by Gasteiger charge is 2.14. The molecule has 2 aromatic carbocycles. The van der Waals surface area contributed by atoms with Gasteiger partial charge in [-0.05, 0) is 48.9 Å². The van der Waals surface area contributed by atoms with Crippen LogP contribution in [0.2, 0.25) is 0 Å². The van der Waals surface area contributed by atoms with Crippen LogP contribution >= 0.6 is 0 Å². The molecule has 1 fully saturated rings. The molecule has 7 heteroatoms. The summed E-state index contributed by atoms with van der Waals surface area (Å²) in [6.45, 7) is 5.59. The van der Waals surface area contributed by atoms with Gasteiger partial charge in [0.1, 0.15) is 0 Å². The van der Waals surface area contributed by atoms with E-state index in [4.69, 9.17) is 4.74 Å². The number of morpholine rings is 1. The number of hydrogen-bond donors (Lipinski definition) is 2. The first-order valence-corrected chi connectivity index (χ1v) is 9.71. The van der Waals surface area contributed by atoms with Crippen LogP contribution in [0.5, 0.6) is 0 Å². The van der Waals surface area contributed by atoms with E-state index >= 15 is 0 Å². The number of esters is 1. The summed E-state index contributed by atoms with van der Waals surface area (Å²) in [6.07, 6.45) is 0. The number of methoxy groups -OCH3 is 1. The molecule has 1 amide bonds. The lowest BCUT2D eigenvalue weighted by molar-refractivity contribution is -0.117. The normalized spacial score (nSPS) is 14.9. The van der Waals surface area contributed by atoms with E-state index in [9.17, 15) is 9.59 Å². The number of rotatable bonds is 7. The number of nitrogens with zero attached hydrogens (tertiary/aromatic N) is 1. The van der Waals surface area contributed by atoms with E-state index in [2.05, 4.69) is 20.3 Å². The first kappa shape index (κ1) is 20.8. The summed E-state index contributed by atoms with van der Waals surface area (Å²) in [4.78, 5) is 26.2. The van der Waals surface area contributed by atoms with Crippen LogP contribution in [0, 0.1) is 0 Å². The summed E-state index contributed by atoms with van der Waals surface area (Å²) in [5.41, 5.74) is 3.38. The molecule has 0 aliphatic carbocycles. The highest BCUT2D eigenvalue weighted by molar-refractivity contribution is 5.94. The zero-order valence-electron chi connectivity index (χ0n) is 16.8. The van der Waals surface area contributed by atoms with Crippen molar-refractivity contribution in [2.45, 2.75) is 19.5 Å². The maximum Gasteiger partial charge on any atom is 0.337 e. The standard InChI is InChI=1S/C22H27N3O4/c1-16(23-15-17-3-5-18(6-4-17)22(27)28-2)21(26)24-19-7-9-20(10-8-19)25-11-13-29-14-12-25/h3-10,16,23H,11-15H2,1-2H3,(H,24,26)/t16-/m1/s1. The van der Waals surface area contributed by atoms with E-state index in [0.29, 0.717) is 12.1 Å². The molecule has 0 unspecified atom stereocenters. The monoisotopic (exact) mass is 397 g/mol. The minimum absolute atomic E-state index is 0.102. The number of ether oxygens (including phenoxy) is 2. The number of benzene rings is 2. The lowest BCUT2D eigenvalue weighted by Gasteiger charge is -2.29. The lowest BCUT2D eigenvalue weighted by Crippen LogP contribution is -2.37. The molecular formula is C22H27N3O4. The molecule has 0 aromatic heterocycles. The molecule has 154 valence electrons. The van der Waals surface area contributed by atoms with Crippen molar-refractivity contribution in [3.8, 4) is 0 Å². The van der Waals surface area contributed by atoms with Crippen LogP contribution in [0.1, 0.15) is 22.8 Å². The average Bonchev–Trinajstić information content (AvgIpc) is 2.78. The van der Waals surface area contributed by atoms with Crippen LogP contribution in [-0.4, -0.2) is 51.3 Å². The molecular weight excluding hydrogens is 370 g/mol.